The van der Waals surface area contributed by atoms with E-state index in [0.717, 1.165) is 5.92 Å². The van der Waals surface area contributed by atoms with Crippen LogP contribution in [0.5, 0.6) is 0 Å². The van der Waals surface area contributed by atoms with Gasteiger partial charge in [-0.2, -0.15) is 0 Å². The van der Waals surface area contributed by atoms with E-state index in [1.165, 1.54) is 257 Å². The Balaban J connectivity index is -0.000000180. The molecular weight excluding hydrogens is 625 g/mol. The van der Waals surface area contributed by atoms with Gasteiger partial charge >= 0.3 is 0 Å². The molecular formula is C52H114. The first-order valence-corrected chi connectivity index (χ1v) is 25.4. The standard InChI is InChI=1S/C14H30.C12H26.C10H22.2C8H18/c1-3-5-7-9-11-13-14-12-10-8-6-4-2;1-3-5-7-9-11-12-10-8-6-4-2;1-3-5-7-9-10-8-6-4-2;1-4-5-6-7-8(2)3;1-3-5-7-8-6-4-2/h3-14H2,1-2H3;3-12H2,1-2H3;3-10H2,1-2H3;8H,4-7H2,1-3H3;3-8H2,1-2H3. The fourth-order valence-electron chi connectivity index (χ4n) is 6.34. The lowest BCUT2D eigenvalue weighted by Crippen LogP contribution is -1.85. The minimum atomic E-state index is 0.904. The molecule has 0 rings (SSSR count). The third-order valence-corrected chi connectivity index (χ3v) is 10.2. The van der Waals surface area contributed by atoms with Gasteiger partial charge in [-0.15, -0.1) is 0 Å². The van der Waals surface area contributed by atoms with E-state index >= 15 is 0 Å². The molecule has 0 amide bonds. The highest BCUT2D eigenvalue weighted by molar-refractivity contribution is 4.49. The van der Waals surface area contributed by atoms with Gasteiger partial charge in [0.2, 0.25) is 0 Å². The van der Waals surface area contributed by atoms with Gasteiger partial charge in [-0.25, -0.2) is 0 Å². The van der Waals surface area contributed by atoms with Crippen LogP contribution in [0, 0.1) is 5.92 Å². The number of rotatable bonds is 36. The molecule has 0 aliphatic rings. The average Bonchev–Trinajstić information content (AvgIpc) is 3.15. The smallest absolute Gasteiger partial charge is 0.0471 e. The predicted molar refractivity (Wildman–Crippen MR) is 251 cm³/mol. The normalized spacial score (nSPS) is 10.4. The lowest BCUT2D eigenvalue weighted by atomic mass is 10.1. The average molecular weight is 739 g/mol. The summed E-state index contributed by atoms with van der Waals surface area (Å²) in [5, 5.41) is 0. The molecule has 0 fully saturated rings. The summed E-state index contributed by atoms with van der Waals surface area (Å²) in [6.45, 7) is 25.0. The molecule has 0 N–H and O–H groups in total. The summed E-state index contributed by atoms with van der Waals surface area (Å²) < 4.78 is 0. The van der Waals surface area contributed by atoms with Gasteiger partial charge in [0.15, 0.2) is 0 Å². The quantitative estimate of drug-likeness (QED) is 0.0562. The van der Waals surface area contributed by atoms with Gasteiger partial charge in [-0.1, -0.05) is 333 Å². The molecule has 0 heteroatoms. The molecule has 0 nitrogen and oxygen atoms in total. The summed E-state index contributed by atoms with van der Waals surface area (Å²) in [7, 11) is 0. The number of unbranched alkanes of at least 4 members (excludes halogenated alkanes) is 34. The Bertz CT molecular complexity index is 429. The van der Waals surface area contributed by atoms with Crippen molar-refractivity contribution >= 4 is 0 Å². The van der Waals surface area contributed by atoms with E-state index in [4.69, 9.17) is 0 Å². The molecule has 322 valence electrons. The van der Waals surface area contributed by atoms with Crippen LogP contribution < -0.4 is 0 Å². The highest BCUT2D eigenvalue weighted by atomic mass is 14.0. The zero-order valence-electron chi connectivity index (χ0n) is 39.9. The lowest BCUT2D eigenvalue weighted by Gasteiger charge is -2.01. The van der Waals surface area contributed by atoms with E-state index in [-0.39, 0.29) is 0 Å². The van der Waals surface area contributed by atoms with Crippen LogP contribution in [0.25, 0.3) is 0 Å². The van der Waals surface area contributed by atoms with Crippen molar-refractivity contribution in [1.29, 1.82) is 0 Å². The van der Waals surface area contributed by atoms with Crippen LogP contribution in [0.2, 0.25) is 0 Å². The van der Waals surface area contributed by atoms with Gasteiger partial charge in [-0.05, 0) is 5.92 Å². The second kappa shape index (κ2) is 69.0. The number of hydrogen-bond acceptors (Lipinski definition) is 0. The molecule has 0 saturated heterocycles. The number of hydrogen-bond donors (Lipinski definition) is 0. The van der Waals surface area contributed by atoms with E-state index in [9.17, 15) is 0 Å². The fraction of sp³-hybridized carbons (Fsp3) is 1.00. The Hall–Kier alpha value is 0. The second-order valence-corrected chi connectivity index (χ2v) is 16.8. The topological polar surface area (TPSA) is 0 Å². The molecule has 0 heterocycles. The first-order valence-electron chi connectivity index (χ1n) is 25.4. The fourth-order valence-corrected chi connectivity index (χ4v) is 6.34. The Morgan fingerprint density at radius 2 is 0.288 bits per heavy atom. The van der Waals surface area contributed by atoms with Crippen LogP contribution in [0.1, 0.15) is 333 Å². The van der Waals surface area contributed by atoms with Crippen LogP contribution in [0.15, 0.2) is 0 Å². The van der Waals surface area contributed by atoms with Crippen LogP contribution in [-0.2, 0) is 0 Å². The molecule has 0 aromatic heterocycles. The molecule has 0 aromatic carbocycles. The van der Waals surface area contributed by atoms with Crippen molar-refractivity contribution in [3.05, 3.63) is 0 Å². The third kappa shape index (κ3) is 87.7. The third-order valence-electron chi connectivity index (χ3n) is 10.2. The van der Waals surface area contributed by atoms with Gasteiger partial charge < -0.3 is 0 Å². The minimum absolute atomic E-state index is 0.904. The lowest BCUT2D eigenvalue weighted by molar-refractivity contribution is 0.534. The minimum Gasteiger partial charge on any atom is -0.0654 e. The Morgan fingerprint density at radius 3 is 0.404 bits per heavy atom. The van der Waals surface area contributed by atoms with Gasteiger partial charge in [0.25, 0.3) is 0 Å². The van der Waals surface area contributed by atoms with Crippen LogP contribution in [0.3, 0.4) is 0 Å². The Morgan fingerprint density at radius 1 is 0.173 bits per heavy atom. The van der Waals surface area contributed by atoms with E-state index < -0.39 is 0 Å². The molecule has 0 bridgehead atoms. The van der Waals surface area contributed by atoms with Crippen molar-refractivity contribution in [2.45, 2.75) is 333 Å². The molecule has 0 aliphatic carbocycles. The van der Waals surface area contributed by atoms with Crippen LogP contribution in [-0.4, -0.2) is 0 Å². The highest BCUT2D eigenvalue weighted by Crippen LogP contribution is 2.13. The van der Waals surface area contributed by atoms with Crippen molar-refractivity contribution in [2.75, 3.05) is 0 Å². The molecule has 0 aromatic rings. The van der Waals surface area contributed by atoms with Crippen molar-refractivity contribution in [2.24, 2.45) is 5.92 Å². The largest absolute Gasteiger partial charge is 0.0654 e. The van der Waals surface area contributed by atoms with Gasteiger partial charge in [0, 0.05) is 0 Å². The van der Waals surface area contributed by atoms with Gasteiger partial charge in [0.05, 0.1) is 0 Å². The Labute approximate surface area is 337 Å². The summed E-state index contributed by atoms with van der Waals surface area (Å²) >= 11 is 0. The van der Waals surface area contributed by atoms with E-state index in [0.29, 0.717) is 0 Å². The first-order chi connectivity index (χ1) is 25.4. The van der Waals surface area contributed by atoms with E-state index in [2.05, 4.69) is 76.2 Å². The van der Waals surface area contributed by atoms with Crippen molar-refractivity contribution in [3.8, 4) is 0 Å². The van der Waals surface area contributed by atoms with Crippen LogP contribution in [0.4, 0.5) is 0 Å². The molecule has 0 unspecified atom stereocenters. The van der Waals surface area contributed by atoms with Crippen molar-refractivity contribution in [3.63, 3.8) is 0 Å². The molecule has 0 radical (unpaired) electrons. The second-order valence-electron chi connectivity index (χ2n) is 16.8. The summed E-state index contributed by atoms with van der Waals surface area (Å²) in [4.78, 5) is 0. The highest BCUT2D eigenvalue weighted by Gasteiger charge is 1.93. The van der Waals surface area contributed by atoms with Gasteiger partial charge in [0.1, 0.15) is 0 Å². The summed E-state index contributed by atoms with van der Waals surface area (Å²) in [5.74, 6) is 0.904. The zero-order chi connectivity index (χ0) is 39.9. The molecule has 52 heavy (non-hydrogen) atoms. The maximum Gasteiger partial charge on any atom is -0.0471 e. The zero-order valence-corrected chi connectivity index (χ0v) is 39.9. The Kier molecular flexibility index (Phi) is 81.2. The van der Waals surface area contributed by atoms with Crippen molar-refractivity contribution in [1.82, 2.24) is 0 Å². The van der Waals surface area contributed by atoms with Gasteiger partial charge in [-0.3, -0.25) is 0 Å². The predicted octanol–water partition coefficient (Wildman–Crippen LogP) is 21.4. The summed E-state index contributed by atoms with van der Waals surface area (Å²) in [6.07, 6.45) is 57.4. The van der Waals surface area contributed by atoms with E-state index in [1.54, 1.807) is 0 Å². The maximum absolute atomic E-state index is 2.29. The first kappa shape index (κ1) is 61.2. The monoisotopic (exact) mass is 739 g/mol. The molecule has 0 aliphatic heterocycles. The SMILES string of the molecule is CCCCCC(C)C.CCCCCCCC.CCCCCCCCCC.CCCCCCCCCCCC.CCCCCCCCCCCCCC. The maximum atomic E-state index is 2.29. The summed E-state index contributed by atoms with van der Waals surface area (Å²) in [5.41, 5.74) is 0. The molecule has 0 saturated carbocycles. The molecule has 0 spiro atoms. The van der Waals surface area contributed by atoms with E-state index in [1.807, 2.05) is 0 Å². The van der Waals surface area contributed by atoms with Crippen molar-refractivity contribution < 1.29 is 0 Å². The summed E-state index contributed by atoms with van der Waals surface area (Å²) in [6, 6.07) is 0. The molecule has 0 atom stereocenters. The van der Waals surface area contributed by atoms with Crippen LogP contribution >= 0.6 is 0 Å².